The quantitative estimate of drug-likeness (QED) is 0.801. The second-order valence-electron chi connectivity index (χ2n) is 4.27. The molecule has 0 fully saturated rings. The van der Waals surface area contributed by atoms with Gasteiger partial charge in [-0.05, 0) is 28.1 Å². The van der Waals surface area contributed by atoms with Crippen molar-refractivity contribution in [2.45, 2.75) is 6.42 Å². The van der Waals surface area contributed by atoms with Crippen LogP contribution in [-0.2, 0) is 11.2 Å². The lowest BCUT2D eigenvalue weighted by Gasteiger charge is -2.01. The molecule has 0 aliphatic heterocycles. The fourth-order valence-electron chi connectivity index (χ4n) is 1.97. The minimum atomic E-state index is -0.919. The lowest BCUT2D eigenvalue weighted by molar-refractivity contribution is -0.136. The third-order valence-electron chi connectivity index (χ3n) is 2.88. The highest BCUT2D eigenvalue weighted by atomic mass is 79.9. The van der Waals surface area contributed by atoms with Gasteiger partial charge in [0.25, 0.3) is 0 Å². The van der Waals surface area contributed by atoms with Gasteiger partial charge in [0.2, 0.25) is 0 Å². The van der Waals surface area contributed by atoms with Crippen LogP contribution in [0.25, 0.3) is 16.9 Å². The lowest BCUT2D eigenvalue weighted by Crippen LogP contribution is -2.01. The number of aromatic nitrogens is 3. The van der Waals surface area contributed by atoms with Gasteiger partial charge in [0.1, 0.15) is 4.60 Å². The van der Waals surface area contributed by atoms with Gasteiger partial charge in [-0.15, -0.1) is 0 Å². The number of carboxylic acids is 1. The first-order valence-electron chi connectivity index (χ1n) is 5.96. The number of carbonyl (C=O) groups is 1. The number of rotatable bonds is 3. The van der Waals surface area contributed by atoms with E-state index >= 15 is 0 Å². The molecule has 0 saturated carbocycles. The van der Waals surface area contributed by atoms with E-state index in [1.54, 1.807) is 4.52 Å². The molecule has 0 unspecified atom stereocenters. The normalized spacial score (nSPS) is 10.8. The molecule has 5 nitrogen and oxygen atoms in total. The highest BCUT2D eigenvalue weighted by Crippen LogP contribution is 2.22. The fraction of sp³-hybridized carbons (Fsp3) is 0.0714. The molecule has 6 heteroatoms. The van der Waals surface area contributed by atoms with E-state index in [1.807, 2.05) is 42.5 Å². The molecule has 0 aliphatic carbocycles. The van der Waals surface area contributed by atoms with E-state index in [-0.39, 0.29) is 6.42 Å². The summed E-state index contributed by atoms with van der Waals surface area (Å²) < 4.78 is 2.19. The molecule has 1 aromatic carbocycles. The Hall–Kier alpha value is -2.21. The van der Waals surface area contributed by atoms with Crippen LogP contribution in [-0.4, -0.2) is 25.7 Å². The molecule has 0 atom stereocenters. The Bertz CT molecular complexity index is 784. The molecule has 0 spiro atoms. The Morgan fingerprint density at radius 1 is 1.20 bits per heavy atom. The van der Waals surface area contributed by atoms with Crippen molar-refractivity contribution in [2.75, 3.05) is 0 Å². The second-order valence-corrected chi connectivity index (χ2v) is 5.03. The van der Waals surface area contributed by atoms with Gasteiger partial charge in [0.05, 0.1) is 17.8 Å². The molecule has 2 heterocycles. The van der Waals surface area contributed by atoms with Crippen molar-refractivity contribution in [2.24, 2.45) is 0 Å². The Labute approximate surface area is 123 Å². The van der Waals surface area contributed by atoms with Crippen LogP contribution in [0, 0.1) is 0 Å². The van der Waals surface area contributed by atoms with Crippen molar-refractivity contribution in [3.05, 3.63) is 52.8 Å². The van der Waals surface area contributed by atoms with Gasteiger partial charge < -0.3 is 5.11 Å². The fourth-order valence-corrected chi connectivity index (χ4v) is 2.46. The maximum Gasteiger partial charge on any atom is 0.309 e. The summed E-state index contributed by atoms with van der Waals surface area (Å²) in [6.45, 7) is 0. The molecule has 3 rings (SSSR count). The molecule has 0 amide bonds. The Morgan fingerprint density at radius 2 is 1.95 bits per heavy atom. The zero-order chi connectivity index (χ0) is 14.1. The van der Waals surface area contributed by atoms with Gasteiger partial charge in [0, 0.05) is 5.56 Å². The summed E-state index contributed by atoms with van der Waals surface area (Å²) in [5, 5.41) is 13.3. The summed E-state index contributed by atoms with van der Waals surface area (Å²) in [4.78, 5) is 15.1. The Kier molecular flexibility index (Phi) is 3.23. The van der Waals surface area contributed by atoms with Gasteiger partial charge in [-0.3, -0.25) is 4.79 Å². The summed E-state index contributed by atoms with van der Waals surface area (Å²) in [6.07, 6.45) is -0.134. The van der Waals surface area contributed by atoms with E-state index in [9.17, 15) is 4.79 Å². The minimum Gasteiger partial charge on any atom is -0.481 e. The van der Waals surface area contributed by atoms with Gasteiger partial charge in [-0.2, -0.15) is 5.10 Å². The highest BCUT2D eigenvalue weighted by Gasteiger charge is 2.14. The van der Waals surface area contributed by atoms with Crippen molar-refractivity contribution < 1.29 is 9.90 Å². The number of carboxylic acid groups (broad SMARTS) is 1. The van der Waals surface area contributed by atoms with Crippen LogP contribution in [0.1, 0.15) is 5.69 Å². The van der Waals surface area contributed by atoms with Crippen LogP contribution in [0.4, 0.5) is 0 Å². The summed E-state index contributed by atoms with van der Waals surface area (Å²) in [6, 6.07) is 13.5. The number of hydrogen-bond acceptors (Lipinski definition) is 3. The Balaban J connectivity index is 2.11. The van der Waals surface area contributed by atoms with E-state index in [0.717, 1.165) is 11.3 Å². The second kappa shape index (κ2) is 5.05. The number of aliphatic carboxylic acids is 1. The number of fused-ring (bicyclic) bond motifs is 1. The summed E-state index contributed by atoms with van der Waals surface area (Å²) in [7, 11) is 0. The van der Waals surface area contributed by atoms with Crippen molar-refractivity contribution in [3.8, 4) is 11.3 Å². The van der Waals surface area contributed by atoms with E-state index in [1.165, 1.54) is 0 Å². The monoisotopic (exact) mass is 331 g/mol. The standard InChI is InChI=1S/C14H10BrN3O2/c15-14-11(8-13(19)20)16-12-7-6-10(17-18(12)14)9-4-2-1-3-5-9/h1-7H,8H2,(H,19,20). The lowest BCUT2D eigenvalue weighted by atomic mass is 10.1. The number of halogens is 1. The molecule has 1 N–H and O–H groups in total. The smallest absolute Gasteiger partial charge is 0.309 e. The molecular formula is C14H10BrN3O2. The van der Waals surface area contributed by atoms with Crippen LogP contribution in [0.15, 0.2) is 47.1 Å². The van der Waals surface area contributed by atoms with Crippen molar-refractivity contribution in [1.29, 1.82) is 0 Å². The molecule has 0 bridgehead atoms. The first kappa shape index (κ1) is 12.8. The van der Waals surface area contributed by atoms with Crippen LogP contribution in [0.2, 0.25) is 0 Å². The van der Waals surface area contributed by atoms with Crippen molar-refractivity contribution in [1.82, 2.24) is 14.6 Å². The molecule has 0 aliphatic rings. The van der Waals surface area contributed by atoms with Crippen LogP contribution in [0.5, 0.6) is 0 Å². The molecule has 2 aromatic heterocycles. The zero-order valence-corrected chi connectivity index (χ0v) is 11.9. The molecule has 100 valence electrons. The summed E-state index contributed by atoms with van der Waals surface area (Å²) >= 11 is 3.36. The summed E-state index contributed by atoms with van der Waals surface area (Å²) in [5.41, 5.74) is 2.89. The largest absolute Gasteiger partial charge is 0.481 e. The predicted octanol–water partition coefficient (Wildman–Crippen LogP) is 2.79. The first-order valence-corrected chi connectivity index (χ1v) is 6.76. The first-order chi connectivity index (χ1) is 9.65. The topological polar surface area (TPSA) is 67.5 Å². The van der Waals surface area contributed by atoms with Gasteiger partial charge in [-0.25, -0.2) is 9.50 Å². The number of nitrogens with zero attached hydrogens (tertiary/aromatic N) is 3. The Morgan fingerprint density at radius 3 is 2.65 bits per heavy atom. The van der Waals surface area contributed by atoms with E-state index < -0.39 is 5.97 Å². The van der Waals surface area contributed by atoms with Crippen LogP contribution in [0.3, 0.4) is 0 Å². The maximum atomic E-state index is 10.8. The third-order valence-corrected chi connectivity index (χ3v) is 3.67. The molecular weight excluding hydrogens is 322 g/mol. The van der Waals surface area contributed by atoms with Crippen molar-refractivity contribution >= 4 is 27.5 Å². The van der Waals surface area contributed by atoms with Crippen molar-refractivity contribution in [3.63, 3.8) is 0 Å². The van der Waals surface area contributed by atoms with Crippen LogP contribution >= 0.6 is 15.9 Å². The van der Waals surface area contributed by atoms with E-state index in [4.69, 9.17) is 5.11 Å². The zero-order valence-electron chi connectivity index (χ0n) is 10.3. The molecule has 0 radical (unpaired) electrons. The number of hydrogen-bond donors (Lipinski definition) is 1. The SMILES string of the molecule is O=C(O)Cc1nc2ccc(-c3ccccc3)nn2c1Br. The average Bonchev–Trinajstić information content (AvgIpc) is 2.75. The number of benzene rings is 1. The van der Waals surface area contributed by atoms with E-state index in [2.05, 4.69) is 26.0 Å². The predicted molar refractivity (Wildman–Crippen MR) is 77.5 cm³/mol. The number of imidazole rings is 1. The molecule has 20 heavy (non-hydrogen) atoms. The van der Waals surface area contributed by atoms with E-state index in [0.29, 0.717) is 15.9 Å². The third kappa shape index (κ3) is 2.30. The average molecular weight is 332 g/mol. The highest BCUT2D eigenvalue weighted by molar-refractivity contribution is 9.10. The van der Waals surface area contributed by atoms with Gasteiger partial charge in [0.15, 0.2) is 5.65 Å². The maximum absolute atomic E-state index is 10.8. The van der Waals surface area contributed by atoms with Crippen LogP contribution < -0.4 is 0 Å². The minimum absolute atomic E-state index is 0.134. The van der Waals surface area contributed by atoms with Gasteiger partial charge in [-0.1, -0.05) is 30.3 Å². The molecule has 0 saturated heterocycles. The molecule has 3 aromatic rings. The van der Waals surface area contributed by atoms with Gasteiger partial charge >= 0.3 is 5.97 Å². The summed E-state index contributed by atoms with van der Waals surface area (Å²) in [5.74, 6) is -0.919.